The van der Waals surface area contributed by atoms with Gasteiger partial charge in [-0.05, 0) is 87.7 Å². The summed E-state index contributed by atoms with van der Waals surface area (Å²) >= 11 is 0. The fourth-order valence-electron chi connectivity index (χ4n) is 7.15. The van der Waals surface area contributed by atoms with Gasteiger partial charge in [-0.3, -0.25) is 0 Å². The van der Waals surface area contributed by atoms with Crippen LogP contribution >= 0.6 is 0 Å². The highest BCUT2D eigenvalue weighted by molar-refractivity contribution is 7.13. The smallest absolute Gasteiger partial charge is 0.0615 e. The first kappa shape index (κ1) is 34.9. The zero-order valence-electron chi connectivity index (χ0n) is 31.7. The largest absolute Gasteiger partial charge is 0.115 e. The second kappa shape index (κ2) is 11.9. The van der Waals surface area contributed by atoms with Crippen LogP contribution in [0.3, 0.4) is 0 Å². The Labute approximate surface area is 288 Å². The van der Waals surface area contributed by atoms with Gasteiger partial charge in [0.2, 0.25) is 0 Å². The fraction of sp³-hybridized carbons (Fsp3) is 0.391. The first-order valence-electron chi connectivity index (χ1n) is 17.5. The van der Waals surface area contributed by atoms with Crippen molar-refractivity contribution < 1.29 is 0 Å². The first-order chi connectivity index (χ1) is 21.6. The van der Waals surface area contributed by atoms with Crippen molar-refractivity contribution in [3.8, 4) is 0 Å². The van der Waals surface area contributed by atoms with Crippen LogP contribution in [0, 0.1) is 0 Å². The van der Waals surface area contributed by atoms with E-state index in [2.05, 4.69) is 193 Å². The van der Waals surface area contributed by atoms with Gasteiger partial charge < -0.3 is 0 Å². The molecule has 0 aliphatic carbocycles. The van der Waals surface area contributed by atoms with Gasteiger partial charge in [0.05, 0.1) is 0 Å². The van der Waals surface area contributed by atoms with Gasteiger partial charge in [-0.2, -0.15) is 0 Å². The molecule has 0 spiro atoms. The van der Waals surface area contributed by atoms with E-state index in [0.29, 0.717) is 0 Å². The van der Waals surface area contributed by atoms with E-state index in [9.17, 15) is 0 Å². The van der Waals surface area contributed by atoms with Crippen molar-refractivity contribution >= 4 is 29.6 Å². The van der Waals surface area contributed by atoms with Crippen molar-refractivity contribution in [2.24, 2.45) is 0 Å². The molecular formula is C46H58Si. The zero-order chi connectivity index (χ0) is 34.7. The predicted molar refractivity (Wildman–Crippen MR) is 212 cm³/mol. The fourth-order valence-corrected chi connectivity index (χ4v) is 10.9. The van der Waals surface area contributed by atoms with E-state index in [-0.39, 0.29) is 21.7 Å². The van der Waals surface area contributed by atoms with Gasteiger partial charge in [-0.15, -0.1) is 0 Å². The van der Waals surface area contributed by atoms with Gasteiger partial charge in [0.1, 0.15) is 8.07 Å². The quantitative estimate of drug-likeness (QED) is 0.195. The number of benzene rings is 4. The second-order valence-corrected chi connectivity index (χ2v) is 22.7. The van der Waals surface area contributed by atoms with Crippen LogP contribution in [-0.4, -0.2) is 8.07 Å². The Hall–Kier alpha value is -3.42. The highest BCUT2D eigenvalue weighted by atomic mass is 28.3. The third-order valence-corrected chi connectivity index (χ3v) is 13.6. The molecule has 1 heteroatoms. The van der Waals surface area contributed by atoms with Gasteiger partial charge in [0.25, 0.3) is 0 Å². The van der Waals surface area contributed by atoms with Crippen LogP contribution in [0.2, 0.25) is 13.1 Å². The number of allylic oxidation sites excluding steroid dienone is 2. The molecule has 0 amide bonds. The Bertz CT molecular complexity index is 1730. The molecule has 4 aromatic carbocycles. The van der Waals surface area contributed by atoms with Crippen molar-refractivity contribution in [1.29, 1.82) is 0 Å². The molecule has 1 heterocycles. The summed E-state index contributed by atoms with van der Waals surface area (Å²) in [5.74, 6) is 0. The average Bonchev–Trinajstić information content (AvgIpc) is 3.22. The molecule has 0 N–H and O–H groups in total. The van der Waals surface area contributed by atoms with E-state index in [0.717, 1.165) is 0 Å². The molecule has 0 radical (unpaired) electrons. The maximum atomic E-state index is 2.60. The minimum absolute atomic E-state index is 0.0499. The molecule has 0 aromatic heterocycles. The Morgan fingerprint density at radius 3 is 0.830 bits per heavy atom. The van der Waals surface area contributed by atoms with Crippen LogP contribution in [0.15, 0.2) is 97.1 Å². The molecule has 0 fully saturated rings. The van der Waals surface area contributed by atoms with E-state index in [1.165, 1.54) is 55.7 Å². The van der Waals surface area contributed by atoms with Crippen molar-refractivity contribution in [2.45, 2.75) is 118 Å². The van der Waals surface area contributed by atoms with E-state index < -0.39 is 8.07 Å². The average molecular weight is 639 g/mol. The van der Waals surface area contributed by atoms with E-state index in [1.54, 1.807) is 10.4 Å². The van der Waals surface area contributed by atoms with Crippen LogP contribution in [0.4, 0.5) is 0 Å². The molecule has 0 bridgehead atoms. The molecule has 5 rings (SSSR count). The summed E-state index contributed by atoms with van der Waals surface area (Å²) in [4.78, 5) is 0. The lowest BCUT2D eigenvalue weighted by Gasteiger charge is -2.29. The summed E-state index contributed by atoms with van der Waals surface area (Å²) in [6, 6.07) is 37.8. The van der Waals surface area contributed by atoms with Gasteiger partial charge in [0, 0.05) is 0 Å². The highest BCUT2D eigenvalue weighted by Gasteiger charge is 2.44. The highest BCUT2D eigenvalue weighted by Crippen LogP contribution is 2.56. The summed E-state index contributed by atoms with van der Waals surface area (Å²) < 4.78 is 0. The minimum Gasteiger partial charge on any atom is -0.0615 e. The number of hydrogen-bond donors (Lipinski definition) is 0. The summed E-state index contributed by atoms with van der Waals surface area (Å²) in [5.41, 5.74) is 14.0. The Kier molecular flexibility index (Phi) is 8.85. The third-order valence-electron chi connectivity index (χ3n) is 10.1. The van der Waals surface area contributed by atoms with E-state index >= 15 is 0 Å². The summed E-state index contributed by atoms with van der Waals surface area (Å²) in [5, 5.41) is 3.09. The van der Waals surface area contributed by atoms with Gasteiger partial charge in [-0.1, -0.05) is 193 Å². The summed E-state index contributed by atoms with van der Waals surface area (Å²) in [6.07, 6.45) is 0. The topological polar surface area (TPSA) is 0 Å². The summed E-state index contributed by atoms with van der Waals surface area (Å²) in [7, 11) is -2.30. The van der Waals surface area contributed by atoms with Gasteiger partial charge >= 0.3 is 0 Å². The monoisotopic (exact) mass is 638 g/mol. The lowest BCUT2D eigenvalue weighted by Crippen LogP contribution is -2.29. The molecule has 4 aromatic rings. The van der Waals surface area contributed by atoms with Crippen molar-refractivity contribution in [3.63, 3.8) is 0 Å². The van der Waals surface area contributed by atoms with E-state index in [1.807, 2.05) is 0 Å². The van der Waals surface area contributed by atoms with Gasteiger partial charge in [0.15, 0.2) is 0 Å². The third kappa shape index (κ3) is 6.93. The molecule has 1 aliphatic rings. The Morgan fingerprint density at radius 2 is 0.574 bits per heavy atom. The zero-order valence-corrected chi connectivity index (χ0v) is 32.7. The standard InChI is InChI=1S/C46H58Si/c1-43(2,3)35-23-15-19-31(27-35)39-40(32-20-16-24-36(28-32)44(4,5)6)42(34-22-18-26-38(30-34)46(10,11)12)47(13,14)41(39)33-21-17-25-37(29-33)45(7,8)9/h15-30H,1-14H3. The molecule has 1 aliphatic heterocycles. The Morgan fingerprint density at radius 1 is 0.340 bits per heavy atom. The number of hydrogen-bond acceptors (Lipinski definition) is 0. The van der Waals surface area contributed by atoms with Crippen LogP contribution in [-0.2, 0) is 21.7 Å². The maximum absolute atomic E-state index is 2.60. The Balaban J connectivity index is 1.98. The van der Waals surface area contributed by atoms with Crippen LogP contribution in [0.5, 0.6) is 0 Å². The van der Waals surface area contributed by atoms with Gasteiger partial charge in [-0.25, -0.2) is 0 Å². The molecule has 0 saturated heterocycles. The lowest BCUT2D eigenvalue weighted by atomic mass is 9.81. The molecule has 0 saturated carbocycles. The van der Waals surface area contributed by atoms with Crippen molar-refractivity contribution in [3.05, 3.63) is 142 Å². The summed E-state index contributed by atoms with van der Waals surface area (Å²) in [6.45, 7) is 33.1. The SMILES string of the molecule is CC(C)(C)c1cccc(C2=C(c3cccc(C(C)(C)C)c3)[Si](C)(C)C(c3cccc(C(C)(C)C)c3)=C2c2cccc(C(C)(C)C)c2)c1. The molecule has 0 unspecified atom stereocenters. The van der Waals surface area contributed by atoms with Crippen molar-refractivity contribution in [2.75, 3.05) is 0 Å². The lowest BCUT2D eigenvalue weighted by molar-refractivity contribution is 0.589. The second-order valence-electron chi connectivity index (χ2n) is 18.4. The minimum atomic E-state index is -2.30. The number of rotatable bonds is 4. The molecule has 246 valence electrons. The van der Waals surface area contributed by atoms with Crippen molar-refractivity contribution in [1.82, 2.24) is 0 Å². The molecule has 47 heavy (non-hydrogen) atoms. The maximum Gasteiger partial charge on any atom is 0.115 e. The normalized spacial score (nSPS) is 15.9. The molecule has 0 nitrogen and oxygen atoms in total. The molecular weight excluding hydrogens is 581 g/mol. The van der Waals surface area contributed by atoms with Crippen LogP contribution < -0.4 is 0 Å². The van der Waals surface area contributed by atoms with Crippen LogP contribution in [0.25, 0.3) is 21.5 Å². The predicted octanol–water partition coefficient (Wildman–Crippen LogP) is 13.2. The van der Waals surface area contributed by atoms with E-state index in [4.69, 9.17) is 0 Å². The molecule has 0 atom stereocenters. The first-order valence-corrected chi connectivity index (χ1v) is 20.5. The van der Waals surface area contributed by atoms with Crippen LogP contribution in [0.1, 0.15) is 128 Å².